The molecule has 0 atom stereocenters. The summed E-state index contributed by atoms with van der Waals surface area (Å²) in [5, 5.41) is 0. The van der Waals surface area contributed by atoms with Gasteiger partial charge < -0.3 is 16.2 Å². The number of Topliss-reactive ketones (excluding diaryl/α,β-unsaturated/α-hetero) is 1. The largest absolute Gasteiger partial charge is 0.486 e. The van der Waals surface area contributed by atoms with Crippen LogP contribution >= 0.6 is 0 Å². The van der Waals surface area contributed by atoms with Crippen LogP contribution in [0.5, 0.6) is 5.75 Å². The first-order chi connectivity index (χ1) is 10.7. The van der Waals surface area contributed by atoms with Gasteiger partial charge in [-0.3, -0.25) is 14.4 Å². The molecule has 1 heterocycles. The van der Waals surface area contributed by atoms with Crippen LogP contribution < -0.4 is 16.2 Å². The van der Waals surface area contributed by atoms with Gasteiger partial charge in [-0.2, -0.15) is 0 Å². The maximum absolute atomic E-state index is 13.2. The highest BCUT2D eigenvalue weighted by atomic mass is 16.5. The van der Waals surface area contributed by atoms with Gasteiger partial charge >= 0.3 is 0 Å². The molecule has 0 aliphatic carbocycles. The molecule has 23 heavy (non-hydrogen) atoms. The molecule has 0 unspecified atom stereocenters. The molecule has 2 amide bonds. The molecule has 0 saturated heterocycles. The third kappa shape index (κ3) is 3.06. The number of carbonyl (C=O) groups is 3. The van der Waals surface area contributed by atoms with E-state index in [2.05, 4.69) is 0 Å². The number of amides is 2. The van der Waals surface area contributed by atoms with Gasteiger partial charge in [0.1, 0.15) is 11.4 Å². The molecule has 0 aromatic heterocycles. The van der Waals surface area contributed by atoms with Crippen molar-refractivity contribution in [3.8, 4) is 5.75 Å². The Morgan fingerprint density at radius 1 is 1.04 bits per heavy atom. The summed E-state index contributed by atoms with van der Waals surface area (Å²) in [6.07, 6.45) is 0.518. The Morgan fingerprint density at radius 2 is 1.57 bits per heavy atom. The Bertz CT molecular complexity index is 634. The molecule has 2 rings (SSSR count). The average Bonchev–Trinajstić information content (AvgIpc) is 2.45. The third-order valence-corrected chi connectivity index (χ3v) is 4.68. The molecule has 0 radical (unpaired) electrons. The van der Waals surface area contributed by atoms with E-state index in [9.17, 15) is 14.4 Å². The van der Waals surface area contributed by atoms with Crippen molar-refractivity contribution in [3.05, 3.63) is 29.8 Å². The average molecular weight is 318 g/mol. The fraction of sp³-hybridized carbons (Fsp3) is 0.471. The van der Waals surface area contributed by atoms with Crippen molar-refractivity contribution < 1.29 is 19.1 Å². The second-order valence-corrected chi connectivity index (χ2v) is 6.45. The fourth-order valence-electron chi connectivity index (χ4n) is 3.27. The summed E-state index contributed by atoms with van der Waals surface area (Å²) >= 11 is 0. The lowest BCUT2D eigenvalue weighted by Crippen LogP contribution is -2.56. The smallest absolute Gasteiger partial charge is 0.217 e. The number of nitrogens with two attached hydrogens (primary N) is 2. The number of ether oxygens (including phenoxy) is 1. The van der Waals surface area contributed by atoms with E-state index in [1.54, 1.807) is 38.1 Å². The second-order valence-electron chi connectivity index (χ2n) is 6.45. The molecule has 1 aliphatic heterocycles. The molecule has 1 aliphatic rings. The molecule has 0 spiro atoms. The Hall–Kier alpha value is -2.37. The Kier molecular flexibility index (Phi) is 4.45. The van der Waals surface area contributed by atoms with Crippen LogP contribution in [0.15, 0.2) is 24.3 Å². The van der Waals surface area contributed by atoms with E-state index >= 15 is 0 Å². The standard InChI is InChI=1S/C17H22N2O4/c1-16(2)17(9-7-13(18)20,10-8-14(19)21)15(22)11-5-3-4-6-12(11)23-16/h3-6H,7-10H2,1-2H3,(H2,18,20)(H2,19,21). The van der Waals surface area contributed by atoms with E-state index in [0.717, 1.165) is 0 Å². The zero-order valence-electron chi connectivity index (χ0n) is 13.4. The summed E-state index contributed by atoms with van der Waals surface area (Å²) in [6.45, 7) is 3.59. The van der Waals surface area contributed by atoms with Gasteiger partial charge in [-0.25, -0.2) is 0 Å². The minimum absolute atomic E-state index is 0.0411. The van der Waals surface area contributed by atoms with Gasteiger partial charge in [0.05, 0.1) is 11.0 Å². The van der Waals surface area contributed by atoms with E-state index in [0.29, 0.717) is 11.3 Å². The third-order valence-electron chi connectivity index (χ3n) is 4.68. The van der Waals surface area contributed by atoms with Crippen LogP contribution in [0.3, 0.4) is 0 Å². The van der Waals surface area contributed by atoms with Gasteiger partial charge in [0.2, 0.25) is 11.8 Å². The van der Waals surface area contributed by atoms with E-state index in [1.807, 2.05) is 0 Å². The van der Waals surface area contributed by atoms with Crippen molar-refractivity contribution in [2.75, 3.05) is 0 Å². The number of para-hydroxylation sites is 1. The Balaban J connectivity index is 2.50. The van der Waals surface area contributed by atoms with Gasteiger partial charge in [0, 0.05) is 12.8 Å². The van der Waals surface area contributed by atoms with E-state index < -0.39 is 22.8 Å². The van der Waals surface area contributed by atoms with Crippen LogP contribution in [0.2, 0.25) is 0 Å². The summed E-state index contributed by atoms with van der Waals surface area (Å²) in [7, 11) is 0. The number of hydrogen-bond donors (Lipinski definition) is 2. The van der Waals surface area contributed by atoms with Crippen molar-refractivity contribution in [3.63, 3.8) is 0 Å². The monoisotopic (exact) mass is 318 g/mol. The van der Waals surface area contributed by atoms with Crippen molar-refractivity contribution >= 4 is 17.6 Å². The summed E-state index contributed by atoms with van der Waals surface area (Å²) in [5.41, 5.74) is 9.09. The highest BCUT2D eigenvalue weighted by Crippen LogP contribution is 2.50. The summed E-state index contributed by atoms with van der Waals surface area (Å²) in [4.78, 5) is 35.7. The van der Waals surface area contributed by atoms with Crippen molar-refractivity contribution in [1.29, 1.82) is 0 Å². The first-order valence-corrected chi connectivity index (χ1v) is 7.59. The quantitative estimate of drug-likeness (QED) is 0.828. The van der Waals surface area contributed by atoms with E-state index in [4.69, 9.17) is 16.2 Å². The van der Waals surface area contributed by atoms with Crippen LogP contribution in [-0.2, 0) is 9.59 Å². The van der Waals surface area contributed by atoms with Gasteiger partial charge in [-0.1, -0.05) is 12.1 Å². The number of ketones is 1. The Labute approximate surface area is 135 Å². The number of hydrogen-bond acceptors (Lipinski definition) is 4. The van der Waals surface area contributed by atoms with Gasteiger partial charge in [-0.05, 0) is 38.8 Å². The zero-order valence-corrected chi connectivity index (χ0v) is 13.4. The molecule has 4 N–H and O–H groups in total. The van der Waals surface area contributed by atoms with Crippen LogP contribution in [0.25, 0.3) is 0 Å². The SMILES string of the molecule is CC1(C)Oc2ccccc2C(=O)C1(CCC(N)=O)CCC(N)=O. The van der Waals surface area contributed by atoms with Crippen molar-refractivity contribution in [2.45, 2.75) is 45.1 Å². The van der Waals surface area contributed by atoms with Crippen LogP contribution in [0.1, 0.15) is 49.9 Å². The number of carbonyl (C=O) groups excluding carboxylic acids is 3. The van der Waals surface area contributed by atoms with Crippen molar-refractivity contribution in [1.82, 2.24) is 0 Å². The highest BCUT2D eigenvalue weighted by molar-refractivity contribution is 6.05. The topological polar surface area (TPSA) is 112 Å². The van der Waals surface area contributed by atoms with Crippen LogP contribution in [0, 0.1) is 5.41 Å². The van der Waals surface area contributed by atoms with E-state index in [-0.39, 0.29) is 31.5 Å². The number of primary amides is 2. The summed E-state index contributed by atoms with van der Waals surface area (Å²) in [5.74, 6) is -0.611. The molecule has 124 valence electrons. The van der Waals surface area contributed by atoms with Gasteiger partial charge in [0.25, 0.3) is 0 Å². The van der Waals surface area contributed by atoms with Crippen LogP contribution in [0.4, 0.5) is 0 Å². The van der Waals surface area contributed by atoms with Crippen molar-refractivity contribution in [2.24, 2.45) is 16.9 Å². The predicted molar refractivity (Wildman–Crippen MR) is 84.8 cm³/mol. The predicted octanol–water partition coefficient (Wildman–Crippen LogP) is 1.56. The lowest BCUT2D eigenvalue weighted by atomic mass is 9.62. The molecular formula is C17H22N2O4. The summed E-state index contributed by atoms with van der Waals surface area (Å²) < 4.78 is 6.05. The normalized spacial score (nSPS) is 17.9. The molecule has 0 saturated carbocycles. The molecule has 0 fully saturated rings. The zero-order chi connectivity index (χ0) is 17.3. The number of fused-ring (bicyclic) bond motifs is 1. The van der Waals surface area contributed by atoms with Gasteiger partial charge in [-0.15, -0.1) is 0 Å². The number of rotatable bonds is 6. The molecule has 1 aromatic carbocycles. The molecule has 6 heteroatoms. The first-order valence-electron chi connectivity index (χ1n) is 7.59. The minimum atomic E-state index is -1.02. The highest BCUT2D eigenvalue weighted by Gasteiger charge is 2.55. The second kappa shape index (κ2) is 6.02. The van der Waals surface area contributed by atoms with E-state index in [1.165, 1.54) is 0 Å². The lowest BCUT2D eigenvalue weighted by molar-refractivity contribution is -0.120. The fourth-order valence-corrected chi connectivity index (χ4v) is 3.27. The van der Waals surface area contributed by atoms with Crippen LogP contribution in [-0.4, -0.2) is 23.2 Å². The lowest BCUT2D eigenvalue weighted by Gasteiger charge is -2.49. The summed E-state index contributed by atoms with van der Waals surface area (Å²) in [6, 6.07) is 6.98. The molecule has 1 aromatic rings. The maximum atomic E-state index is 13.2. The molecular weight excluding hydrogens is 296 g/mol. The molecule has 6 nitrogen and oxygen atoms in total. The minimum Gasteiger partial charge on any atom is -0.486 e. The number of benzene rings is 1. The maximum Gasteiger partial charge on any atom is 0.217 e. The first kappa shape index (κ1) is 17.0. The Morgan fingerprint density at radius 3 is 2.09 bits per heavy atom. The van der Waals surface area contributed by atoms with Gasteiger partial charge in [0.15, 0.2) is 5.78 Å². The molecule has 0 bridgehead atoms.